The van der Waals surface area contributed by atoms with Crippen molar-refractivity contribution >= 4 is 35.2 Å². The molecule has 2 heterocycles. The maximum Gasteiger partial charge on any atom is 0.253 e. The van der Waals surface area contributed by atoms with E-state index in [9.17, 15) is 9.59 Å². The molecule has 0 aliphatic carbocycles. The third-order valence-electron chi connectivity index (χ3n) is 5.76. The van der Waals surface area contributed by atoms with Gasteiger partial charge in [-0.1, -0.05) is 41.6 Å². The van der Waals surface area contributed by atoms with E-state index < -0.39 is 0 Å². The van der Waals surface area contributed by atoms with Crippen LogP contribution >= 0.6 is 23.4 Å². The zero-order chi connectivity index (χ0) is 24.1. The highest BCUT2D eigenvalue weighted by molar-refractivity contribution is 7.99. The van der Waals surface area contributed by atoms with Gasteiger partial charge in [0.25, 0.3) is 5.91 Å². The monoisotopic (exact) mass is 498 g/mol. The van der Waals surface area contributed by atoms with Gasteiger partial charge in [-0.3, -0.25) is 14.2 Å². The molecular formula is C24H27ClN6O2S. The molecule has 2 aromatic carbocycles. The molecule has 0 atom stereocenters. The number of likely N-dealkylation sites (N-methyl/N-ethyl adjacent to an activating group) is 1. The van der Waals surface area contributed by atoms with E-state index >= 15 is 0 Å². The van der Waals surface area contributed by atoms with Crippen LogP contribution in [0.3, 0.4) is 0 Å². The highest BCUT2D eigenvalue weighted by atomic mass is 35.5. The second kappa shape index (κ2) is 11.0. The number of hydrogen-bond donors (Lipinski definition) is 1. The largest absolute Gasteiger partial charge is 0.351 e. The van der Waals surface area contributed by atoms with Gasteiger partial charge in [0.15, 0.2) is 5.16 Å². The van der Waals surface area contributed by atoms with E-state index in [0.29, 0.717) is 22.3 Å². The predicted molar refractivity (Wildman–Crippen MR) is 134 cm³/mol. The average Bonchev–Trinajstić information content (AvgIpc) is 3.32. The van der Waals surface area contributed by atoms with Crippen molar-refractivity contribution in [2.45, 2.75) is 18.6 Å². The van der Waals surface area contributed by atoms with Crippen LogP contribution in [0.2, 0.25) is 5.02 Å². The third-order valence-corrected chi connectivity index (χ3v) is 7.11. The molecule has 1 aromatic heterocycles. The fraction of sp³-hybridized carbons (Fsp3) is 0.333. The Bertz CT molecular complexity index is 1160. The Labute approximate surface area is 208 Å². The lowest BCUT2D eigenvalue weighted by molar-refractivity contribution is -0.118. The molecule has 0 bridgehead atoms. The number of hydrogen-bond acceptors (Lipinski definition) is 6. The van der Waals surface area contributed by atoms with Crippen molar-refractivity contribution in [2.75, 3.05) is 39.0 Å². The molecule has 1 fully saturated rings. The Morgan fingerprint density at radius 3 is 2.53 bits per heavy atom. The van der Waals surface area contributed by atoms with Gasteiger partial charge in [-0.05, 0) is 49.4 Å². The van der Waals surface area contributed by atoms with Crippen molar-refractivity contribution in [3.8, 4) is 5.69 Å². The van der Waals surface area contributed by atoms with Crippen molar-refractivity contribution in [3.63, 3.8) is 0 Å². The van der Waals surface area contributed by atoms with Crippen LogP contribution in [-0.4, -0.2) is 75.4 Å². The minimum atomic E-state index is -0.112. The first-order chi connectivity index (χ1) is 16.4. The highest BCUT2D eigenvalue weighted by Gasteiger charge is 2.20. The van der Waals surface area contributed by atoms with Gasteiger partial charge in [0.1, 0.15) is 6.33 Å². The lowest BCUT2D eigenvalue weighted by Gasteiger charge is -2.32. The van der Waals surface area contributed by atoms with Gasteiger partial charge in [0.2, 0.25) is 5.91 Å². The molecule has 2 amide bonds. The topological polar surface area (TPSA) is 83.4 Å². The maximum atomic E-state index is 12.7. The average molecular weight is 499 g/mol. The Hall–Kier alpha value is -2.88. The molecule has 3 aromatic rings. The van der Waals surface area contributed by atoms with E-state index in [4.69, 9.17) is 11.6 Å². The standard InChI is InChI=1S/C24H27ClN6O2S/c1-17-3-8-20(13-21(17)25)31-16-27-28-24(31)34-15-22(32)26-14-18-4-6-19(7-5-18)23(33)30-11-9-29(2)10-12-30/h3-8,13,16H,9-12,14-15H2,1-2H3,(H,26,32). The Morgan fingerprint density at radius 1 is 1.09 bits per heavy atom. The summed E-state index contributed by atoms with van der Waals surface area (Å²) in [7, 11) is 2.06. The summed E-state index contributed by atoms with van der Waals surface area (Å²) in [6, 6.07) is 13.1. The number of aromatic nitrogens is 3. The molecular weight excluding hydrogens is 472 g/mol. The molecule has 1 N–H and O–H groups in total. The molecule has 178 valence electrons. The van der Waals surface area contributed by atoms with E-state index in [1.807, 2.05) is 54.3 Å². The summed E-state index contributed by atoms with van der Waals surface area (Å²) in [6.07, 6.45) is 1.60. The summed E-state index contributed by atoms with van der Waals surface area (Å²) in [4.78, 5) is 29.2. The first-order valence-corrected chi connectivity index (χ1v) is 12.4. The van der Waals surface area contributed by atoms with Gasteiger partial charge in [0.05, 0.1) is 11.4 Å². The van der Waals surface area contributed by atoms with Gasteiger partial charge in [-0.15, -0.1) is 10.2 Å². The van der Waals surface area contributed by atoms with Crippen LogP contribution in [0.5, 0.6) is 0 Å². The van der Waals surface area contributed by atoms with Crippen LogP contribution in [0.4, 0.5) is 0 Å². The molecule has 0 unspecified atom stereocenters. The number of benzene rings is 2. The number of rotatable bonds is 7. The number of carbonyl (C=O) groups excluding carboxylic acids is 2. The normalized spacial score (nSPS) is 14.3. The number of amides is 2. The van der Waals surface area contributed by atoms with Crippen LogP contribution in [0.25, 0.3) is 5.69 Å². The van der Waals surface area contributed by atoms with Crippen LogP contribution < -0.4 is 5.32 Å². The minimum absolute atomic E-state index is 0.0547. The minimum Gasteiger partial charge on any atom is -0.351 e. The number of carbonyl (C=O) groups is 2. The molecule has 0 spiro atoms. The maximum absolute atomic E-state index is 12.7. The number of thioether (sulfide) groups is 1. The quantitative estimate of drug-likeness (QED) is 0.504. The smallest absolute Gasteiger partial charge is 0.253 e. The van der Waals surface area contributed by atoms with Crippen molar-refractivity contribution in [2.24, 2.45) is 0 Å². The first-order valence-electron chi connectivity index (χ1n) is 11.0. The molecule has 1 aliphatic rings. The number of piperazine rings is 1. The predicted octanol–water partition coefficient (Wildman–Crippen LogP) is 3.03. The third kappa shape index (κ3) is 5.97. The van der Waals surface area contributed by atoms with Gasteiger partial charge in [-0.25, -0.2) is 0 Å². The van der Waals surface area contributed by atoms with E-state index in [1.165, 1.54) is 11.8 Å². The summed E-state index contributed by atoms with van der Waals surface area (Å²) < 4.78 is 1.80. The summed E-state index contributed by atoms with van der Waals surface area (Å²) >= 11 is 7.54. The Kier molecular flexibility index (Phi) is 7.87. The molecule has 4 rings (SSSR count). The molecule has 0 radical (unpaired) electrons. The van der Waals surface area contributed by atoms with E-state index in [0.717, 1.165) is 43.0 Å². The zero-order valence-electron chi connectivity index (χ0n) is 19.2. The van der Waals surface area contributed by atoms with Crippen molar-refractivity contribution < 1.29 is 9.59 Å². The lowest BCUT2D eigenvalue weighted by atomic mass is 10.1. The zero-order valence-corrected chi connectivity index (χ0v) is 20.8. The van der Waals surface area contributed by atoms with E-state index in [1.54, 1.807) is 10.9 Å². The van der Waals surface area contributed by atoms with E-state index in [2.05, 4.69) is 27.5 Å². The molecule has 0 saturated carbocycles. The van der Waals surface area contributed by atoms with Gasteiger partial charge in [0, 0.05) is 43.3 Å². The molecule has 1 aliphatic heterocycles. The lowest BCUT2D eigenvalue weighted by Crippen LogP contribution is -2.47. The van der Waals surface area contributed by atoms with Crippen molar-refractivity contribution in [3.05, 3.63) is 70.5 Å². The van der Waals surface area contributed by atoms with Gasteiger partial charge < -0.3 is 15.1 Å². The number of aryl methyl sites for hydroxylation is 1. The number of nitrogens with one attached hydrogen (secondary N) is 1. The Morgan fingerprint density at radius 2 is 1.82 bits per heavy atom. The van der Waals surface area contributed by atoms with Crippen molar-refractivity contribution in [1.82, 2.24) is 29.9 Å². The SMILES string of the molecule is Cc1ccc(-n2cnnc2SCC(=O)NCc2ccc(C(=O)N3CCN(C)CC3)cc2)cc1Cl. The molecule has 1 saturated heterocycles. The summed E-state index contributed by atoms with van der Waals surface area (Å²) in [5.74, 6) is 0.149. The molecule has 8 nitrogen and oxygen atoms in total. The van der Waals surface area contributed by atoms with Crippen LogP contribution in [0.15, 0.2) is 53.9 Å². The summed E-state index contributed by atoms with van der Waals surface area (Å²) in [5, 5.41) is 12.3. The van der Waals surface area contributed by atoms with Crippen LogP contribution in [0, 0.1) is 6.92 Å². The van der Waals surface area contributed by atoms with Crippen LogP contribution in [-0.2, 0) is 11.3 Å². The summed E-state index contributed by atoms with van der Waals surface area (Å²) in [6.45, 7) is 5.61. The van der Waals surface area contributed by atoms with Crippen LogP contribution in [0.1, 0.15) is 21.5 Å². The number of nitrogens with zero attached hydrogens (tertiary/aromatic N) is 5. The fourth-order valence-corrected chi connectivity index (χ4v) is 4.50. The van der Waals surface area contributed by atoms with Crippen molar-refractivity contribution in [1.29, 1.82) is 0 Å². The van der Waals surface area contributed by atoms with Gasteiger partial charge in [-0.2, -0.15) is 0 Å². The molecule has 34 heavy (non-hydrogen) atoms. The highest BCUT2D eigenvalue weighted by Crippen LogP contribution is 2.23. The summed E-state index contributed by atoms with van der Waals surface area (Å²) in [5.41, 5.74) is 3.44. The second-order valence-electron chi connectivity index (χ2n) is 8.27. The van der Waals surface area contributed by atoms with Gasteiger partial charge >= 0.3 is 0 Å². The molecule has 10 heteroatoms. The van der Waals surface area contributed by atoms with E-state index in [-0.39, 0.29) is 17.6 Å². The first kappa shape index (κ1) is 24.3. The Balaban J connectivity index is 1.27. The second-order valence-corrected chi connectivity index (χ2v) is 9.62. The fourth-order valence-electron chi connectivity index (χ4n) is 3.57. The number of halogens is 1.